The fraction of sp³-hybridized carbons (Fsp3) is 0.727. The molecule has 0 radical (unpaired) electrons. The average molecular weight is 247 g/mol. The largest absolute Gasteiger partial charge is 0.310 e. The maximum absolute atomic E-state index is 5.74. The SMILES string of the molecule is CCC(CCCl)CNCc1nc(C)cs1. The van der Waals surface area contributed by atoms with Gasteiger partial charge in [-0.2, -0.15) is 0 Å². The zero-order valence-electron chi connectivity index (χ0n) is 9.42. The fourth-order valence-corrected chi connectivity index (χ4v) is 2.52. The van der Waals surface area contributed by atoms with Crippen molar-refractivity contribution in [3.8, 4) is 0 Å². The van der Waals surface area contributed by atoms with E-state index < -0.39 is 0 Å². The van der Waals surface area contributed by atoms with E-state index in [0.717, 1.165) is 31.1 Å². The maximum atomic E-state index is 5.74. The van der Waals surface area contributed by atoms with Crippen LogP contribution in [0.5, 0.6) is 0 Å². The Morgan fingerprint density at radius 3 is 2.93 bits per heavy atom. The van der Waals surface area contributed by atoms with Gasteiger partial charge in [0.2, 0.25) is 0 Å². The highest BCUT2D eigenvalue weighted by atomic mass is 35.5. The Morgan fingerprint density at radius 1 is 1.60 bits per heavy atom. The highest BCUT2D eigenvalue weighted by Gasteiger charge is 2.05. The molecule has 0 bridgehead atoms. The number of nitrogens with zero attached hydrogens (tertiary/aromatic N) is 1. The third kappa shape index (κ3) is 4.96. The first-order valence-electron chi connectivity index (χ1n) is 5.44. The second-order valence-corrected chi connectivity index (χ2v) is 5.09. The van der Waals surface area contributed by atoms with Crippen molar-refractivity contribution in [1.82, 2.24) is 10.3 Å². The summed E-state index contributed by atoms with van der Waals surface area (Å²) in [6.45, 7) is 6.17. The summed E-state index contributed by atoms with van der Waals surface area (Å²) in [5, 5.41) is 6.70. The molecule has 1 atom stereocenters. The van der Waals surface area contributed by atoms with Gasteiger partial charge in [0, 0.05) is 23.5 Å². The van der Waals surface area contributed by atoms with Crippen molar-refractivity contribution in [1.29, 1.82) is 0 Å². The molecule has 4 heteroatoms. The van der Waals surface area contributed by atoms with Gasteiger partial charge < -0.3 is 5.32 Å². The topological polar surface area (TPSA) is 24.9 Å². The number of aryl methyl sites for hydroxylation is 1. The van der Waals surface area contributed by atoms with Crippen LogP contribution in [0, 0.1) is 12.8 Å². The molecular weight excluding hydrogens is 228 g/mol. The van der Waals surface area contributed by atoms with Gasteiger partial charge in [-0.05, 0) is 25.8 Å². The first kappa shape index (κ1) is 12.9. The molecule has 0 spiro atoms. The quantitative estimate of drug-likeness (QED) is 0.748. The molecule has 86 valence electrons. The molecule has 0 saturated heterocycles. The molecule has 0 fully saturated rings. The van der Waals surface area contributed by atoms with E-state index in [0.29, 0.717) is 5.92 Å². The van der Waals surface area contributed by atoms with Gasteiger partial charge in [0.05, 0.1) is 0 Å². The molecule has 0 aliphatic rings. The van der Waals surface area contributed by atoms with Crippen molar-refractivity contribution >= 4 is 22.9 Å². The van der Waals surface area contributed by atoms with Crippen LogP contribution < -0.4 is 5.32 Å². The van der Waals surface area contributed by atoms with E-state index in [9.17, 15) is 0 Å². The summed E-state index contributed by atoms with van der Waals surface area (Å²) >= 11 is 7.46. The fourth-order valence-electron chi connectivity index (χ4n) is 1.47. The van der Waals surface area contributed by atoms with Gasteiger partial charge in [0.25, 0.3) is 0 Å². The van der Waals surface area contributed by atoms with Gasteiger partial charge in [-0.25, -0.2) is 4.98 Å². The molecule has 1 heterocycles. The predicted molar refractivity (Wildman–Crippen MR) is 67.7 cm³/mol. The zero-order valence-corrected chi connectivity index (χ0v) is 11.0. The summed E-state index contributed by atoms with van der Waals surface area (Å²) in [6, 6.07) is 0. The van der Waals surface area contributed by atoms with Crippen LogP contribution in [0.25, 0.3) is 0 Å². The van der Waals surface area contributed by atoms with Crippen LogP contribution in [0.2, 0.25) is 0 Å². The number of thiazole rings is 1. The minimum Gasteiger partial charge on any atom is -0.310 e. The number of hydrogen-bond donors (Lipinski definition) is 1. The molecule has 0 saturated carbocycles. The number of alkyl halides is 1. The van der Waals surface area contributed by atoms with Crippen LogP contribution in [0.1, 0.15) is 30.5 Å². The predicted octanol–water partition coefficient (Wildman–Crippen LogP) is 3.20. The molecule has 0 aliphatic heterocycles. The molecular formula is C11H19ClN2S. The van der Waals surface area contributed by atoms with Crippen LogP contribution in [0.15, 0.2) is 5.38 Å². The van der Waals surface area contributed by atoms with Crippen molar-refractivity contribution < 1.29 is 0 Å². The van der Waals surface area contributed by atoms with E-state index >= 15 is 0 Å². The Morgan fingerprint density at radius 2 is 2.40 bits per heavy atom. The third-order valence-electron chi connectivity index (χ3n) is 2.47. The van der Waals surface area contributed by atoms with E-state index in [-0.39, 0.29) is 0 Å². The zero-order chi connectivity index (χ0) is 11.1. The van der Waals surface area contributed by atoms with Gasteiger partial charge >= 0.3 is 0 Å². The number of nitrogens with one attached hydrogen (secondary N) is 1. The summed E-state index contributed by atoms with van der Waals surface area (Å²) in [5.74, 6) is 1.46. The molecule has 0 amide bonds. The standard InChI is InChI=1S/C11H19ClN2S/c1-3-10(4-5-12)6-13-7-11-14-9(2)8-15-11/h8,10,13H,3-7H2,1-2H3. The van der Waals surface area contributed by atoms with E-state index in [4.69, 9.17) is 11.6 Å². The number of hydrogen-bond acceptors (Lipinski definition) is 3. The number of aromatic nitrogens is 1. The molecule has 1 unspecified atom stereocenters. The Labute approximate surface area is 101 Å². The summed E-state index contributed by atoms with van der Waals surface area (Å²) in [4.78, 5) is 4.41. The number of halogens is 1. The lowest BCUT2D eigenvalue weighted by atomic mass is 10.0. The monoisotopic (exact) mass is 246 g/mol. The molecule has 0 aromatic carbocycles. The average Bonchev–Trinajstić information content (AvgIpc) is 2.63. The second-order valence-electron chi connectivity index (χ2n) is 3.77. The minimum absolute atomic E-state index is 0.698. The van der Waals surface area contributed by atoms with E-state index in [1.165, 1.54) is 11.4 Å². The third-order valence-corrected chi connectivity index (χ3v) is 3.66. The second kappa shape index (κ2) is 7.20. The highest BCUT2D eigenvalue weighted by molar-refractivity contribution is 7.09. The summed E-state index contributed by atoms with van der Waals surface area (Å²) in [6.07, 6.45) is 2.29. The van der Waals surface area contributed by atoms with Crippen molar-refractivity contribution in [2.45, 2.75) is 33.2 Å². The van der Waals surface area contributed by atoms with Crippen LogP contribution >= 0.6 is 22.9 Å². The smallest absolute Gasteiger partial charge is 0.107 e. The van der Waals surface area contributed by atoms with E-state index in [2.05, 4.69) is 22.6 Å². The van der Waals surface area contributed by atoms with Gasteiger partial charge in [-0.3, -0.25) is 0 Å². The first-order valence-corrected chi connectivity index (χ1v) is 6.85. The van der Waals surface area contributed by atoms with Crippen LogP contribution in [0.4, 0.5) is 0 Å². The van der Waals surface area contributed by atoms with Crippen molar-refractivity contribution in [2.24, 2.45) is 5.92 Å². The lowest BCUT2D eigenvalue weighted by Gasteiger charge is -2.13. The highest BCUT2D eigenvalue weighted by Crippen LogP contribution is 2.10. The Hall–Kier alpha value is -0.120. The van der Waals surface area contributed by atoms with Crippen molar-refractivity contribution in [3.63, 3.8) is 0 Å². The van der Waals surface area contributed by atoms with E-state index in [1.54, 1.807) is 11.3 Å². The lowest BCUT2D eigenvalue weighted by Crippen LogP contribution is -2.22. The van der Waals surface area contributed by atoms with Crippen molar-refractivity contribution in [3.05, 3.63) is 16.1 Å². The molecule has 2 nitrogen and oxygen atoms in total. The maximum Gasteiger partial charge on any atom is 0.107 e. The Kier molecular flexibility index (Phi) is 6.22. The number of rotatable bonds is 7. The molecule has 1 rings (SSSR count). The summed E-state index contributed by atoms with van der Waals surface area (Å²) in [5.41, 5.74) is 1.12. The van der Waals surface area contributed by atoms with Gasteiger partial charge in [0.15, 0.2) is 0 Å². The van der Waals surface area contributed by atoms with Crippen LogP contribution in [0.3, 0.4) is 0 Å². The Bertz CT molecular complexity index is 275. The molecule has 15 heavy (non-hydrogen) atoms. The molecule has 0 aliphatic carbocycles. The van der Waals surface area contributed by atoms with Crippen LogP contribution in [-0.4, -0.2) is 17.4 Å². The lowest BCUT2D eigenvalue weighted by molar-refractivity contribution is 0.451. The van der Waals surface area contributed by atoms with Crippen molar-refractivity contribution in [2.75, 3.05) is 12.4 Å². The molecule has 1 aromatic heterocycles. The van der Waals surface area contributed by atoms with Crippen LogP contribution in [-0.2, 0) is 6.54 Å². The molecule has 1 aromatic rings. The summed E-state index contributed by atoms with van der Waals surface area (Å²) in [7, 11) is 0. The van der Waals surface area contributed by atoms with Gasteiger partial charge in [-0.15, -0.1) is 22.9 Å². The minimum atomic E-state index is 0.698. The van der Waals surface area contributed by atoms with Gasteiger partial charge in [-0.1, -0.05) is 13.3 Å². The van der Waals surface area contributed by atoms with E-state index in [1.807, 2.05) is 6.92 Å². The first-order chi connectivity index (χ1) is 7.26. The van der Waals surface area contributed by atoms with Gasteiger partial charge in [0.1, 0.15) is 5.01 Å². The normalized spacial score (nSPS) is 13.0. The molecule has 1 N–H and O–H groups in total. The summed E-state index contributed by atoms with van der Waals surface area (Å²) < 4.78 is 0. The Balaban J connectivity index is 2.20.